The largest absolute Gasteiger partial charge is 0.397 e. The lowest BCUT2D eigenvalue weighted by Gasteiger charge is -2.37. The summed E-state index contributed by atoms with van der Waals surface area (Å²) < 4.78 is 0. The fraction of sp³-hybridized carbons (Fsp3) is 0.562. The van der Waals surface area contributed by atoms with Crippen molar-refractivity contribution in [3.8, 4) is 0 Å². The van der Waals surface area contributed by atoms with E-state index >= 15 is 0 Å². The number of carbonyl (C=O) groups excluding carboxylic acids is 1. The molecular weight excluding hydrogens is 236 g/mol. The van der Waals surface area contributed by atoms with Crippen LogP contribution in [0.25, 0.3) is 0 Å². The molecular formula is C16H24N2O. The molecule has 1 aliphatic rings. The van der Waals surface area contributed by atoms with Gasteiger partial charge in [0, 0.05) is 12.0 Å². The third-order valence-corrected chi connectivity index (χ3v) is 4.26. The van der Waals surface area contributed by atoms with Gasteiger partial charge in [0.15, 0.2) is 0 Å². The van der Waals surface area contributed by atoms with Gasteiger partial charge in [-0.1, -0.05) is 38.3 Å². The van der Waals surface area contributed by atoms with Crippen molar-refractivity contribution >= 4 is 17.3 Å². The van der Waals surface area contributed by atoms with Crippen LogP contribution in [0.3, 0.4) is 0 Å². The summed E-state index contributed by atoms with van der Waals surface area (Å²) in [4.78, 5) is 14.7. The Bertz CT molecular complexity index is 450. The highest BCUT2D eigenvalue weighted by atomic mass is 16.2. The first kappa shape index (κ1) is 13.9. The van der Waals surface area contributed by atoms with Gasteiger partial charge in [0.25, 0.3) is 0 Å². The molecule has 0 aromatic heterocycles. The second-order valence-corrected chi connectivity index (χ2v) is 5.73. The summed E-state index contributed by atoms with van der Waals surface area (Å²) in [6.45, 7) is 4.79. The summed E-state index contributed by atoms with van der Waals surface area (Å²) >= 11 is 0. The van der Waals surface area contributed by atoms with Crippen LogP contribution < -0.4 is 10.6 Å². The van der Waals surface area contributed by atoms with Gasteiger partial charge < -0.3 is 10.6 Å². The van der Waals surface area contributed by atoms with Crippen molar-refractivity contribution in [1.82, 2.24) is 0 Å². The molecule has 0 atom stereocenters. The van der Waals surface area contributed by atoms with E-state index in [1.165, 1.54) is 6.42 Å². The SMILES string of the molecule is CCN(C(=O)C1(C)CCCCC1)c1ccccc1N. The maximum absolute atomic E-state index is 12.9. The number of hydrogen-bond donors (Lipinski definition) is 1. The van der Waals surface area contributed by atoms with Gasteiger partial charge in [-0.05, 0) is 31.9 Å². The van der Waals surface area contributed by atoms with E-state index in [-0.39, 0.29) is 11.3 Å². The third kappa shape index (κ3) is 2.75. The maximum atomic E-state index is 12.9. The number of amides is 1. The Morgan fingerprint density at radius 3 is 2.47 bits per heavy atom. The summed E-state index contributed by atoms with van der Waals surface area (Å²) in [6.07, 6.45) is 5.56. The Hall–Kier alpha value is -1.51. The fourth-order valence-electron chi connectivity index (χ4n) is 3.03. The molecule has 104 valence electrons. The Labute approximate surface area is 115 Å². The molecule has 0 aliphatic heterocycles. The van der Waals surface area contributed by atoms with E-state index in [1.807, 2.05) is 36.1 Å². The molecule has 0 heterocycles. The van der Waals surface area contributed by atoms with E-state index in [4.69, 9.17) is 5.73 Å². The molecule has 1 fully saturated rings. The van der Waals surface area contributed by atoms with Gasteiger partial charge in [0.2, 0.25) is 5.91 Å². The van der Waals surface area contributed by atoms with E-state index in [2.05, 4.69) is 6.92 Å². The van der Waals surface area contributed by atoms with Gasteiger partial charge in [-0.2, -0.15) is 0 Å². The minimum Gasteiger partial charge on any atom is -0.397 e. The predicted octanol–water partition coefficient (Wildman–Crippen LogP) is 3.59. The Balaban J connectivity index is 2.27. The van der Waals surface area contributed by atoms with Crippen molar-refractivity contribution in [1.29, 1.82) is 0 Å². The molecule has 1 saturated carbocycles. The summed E-state index contributed by atoms with van der Waals surface area (Å²) in [5, 5.41) is 0. The zero-order valence-electron chi connectivity index (χ0n) is 12.0. The predicted molar refractivity (Wildman–Crippen MR) is 80.1 cm³/mol. The number of rotatable bonds is 3. The van der Waals surface area contributed by atoms with Crippen molar-refractivity contribution in [2.45, 2.75) is 46.0 Å². The van der Waals surface area contributed by atoms with Crippen molar-refractivity contribution in [3.05, 3.63) is 24.3 Å². The number of nitrogens with two attached hydrogens (primary N) is 1. The average Bonchev–Trinajstić information content (AvgIpc) is 2.42. The van der Waals surface area contributed by atoms with Gasteiger partial charge in [0.1, 0.15) is 0 Å². The number of benzene rings is 1. The quantitative estimate of drug-likeness (QED) is 0.844. The molecule has 1 amide bonds. The number of nitrogen functional groups attached to an aromatic ring is 1. The summed E-state index contributed by atoms with van der Waals surface area (Å²) in [6, 6.07) is 7.63. The Morgan fingerprint density at radius 2 is 1.89 bits per heavy atom. The summed E-state index contributed by atoms with van der Waals surface area (Å²) in [5.41, 5.74) is 7.33. The number of hydrogen-bond acceptors (Lipinski definition) is 2. The number of para-hydroxylation sites is 2. The van der Waals surface area contributed by atoms with Crippen molar-refractivity contribution in [2.75, 3.05) is 17.2 Å². The van der Waals surface area contributed by atoms with Crippen LogP contribution in [0.5, 0.6) is 0 Å². The van der Waals surface area contributed by atoms with Crippen molar-refractivity contribution in [3.63, 3.8) is 0 Å². The van der Waals surface area contributed by atoms with Crippen LogP contribution in [0.2, 0.25) is 0 Å². The average molecular weight is 260 g/mol. The fourth-order valence-corrected chi connectivity index (χ4v) is 3.03. The molecule has 1 aliphatic carbocycles. The van der Waals surface area contributed by atoms with Gasteiger partial charge in [-0.25, -0.2) is 0 Å². The van der Waals surface area contributed by atoms with E-state index < -0.39 is 0 Å². The molecule has 2 N–H and O–H groups in total. The first-order valence-electron chi connectivity index (χ1n) is 7.25. The normalized spacial score (nSPS) is 18.0. The van der Waals surface area contributed by atoms with E-state index in [9.17, 15) is 4.79 Å². The monoisotopic (exact) mass is 260 g/mol. The minimum atomic E-state index is -0.212. The summed E-state index contributed by atoms with van der Waals surface area (Å²) in [7, 11) is 0. The molecule has 19 heavy (non-hydrogen) atoms. The molecule has 0 spiro atoms. The smallest absolute Gasteiger partial charge is 0.232 e. The van der Waals surface area contributed by atoms with Crippen LogP contribution in [0.15, 0.2) is 24.3 Å². The Morgan fingerprint density at radius 1 is 1.26 bits per heavy atom. The molecule has 1 aromatic rings. The summed E-state index contributed by atoms with van der Waals surface area (Å²) in [5.74, 6) is 0.229. The highest BCUT2D eigenvalue weighted by Crippen LogP contribution is 2.39. The van der Waals surface area contributed by atoms with E-state index in [0.717, 1.165) is 31.4 Å². The second-order valence-electron chi connectivity index (χ2n) is 5.73. The zero-order chi connectivity index (χ0) is 13.9. The van der Waals surface area contributed by atoms with Crippen molar-refractivity contribution < 1.29 is 4.79 Å². The molecule has 0 radical (unpaired) electrons. The van der Waals surface area contributed by atoms with E-state index in [0.29, 0.717) is 12.2 Å². The Kier molecular flexibility index (Phi) is 4.13. The van der Waals surface area contributed by atoms with Crippen LogP contribution in [-0.2, 0) is 4.79 Å². The van der Waals surface area contributed by atoms with Crippen LogP contribution in [0.1, 0.15) is 46.0 Å². The lowest BCUT2D eigenvalue weighted by atomic mass is 9.74. The molecule has 3 nitrogen and oxygen atoms in total. The zero-order valence-corrected chi connectivity index (χ0v) is 12.0. The lowest BCUT2D eigenvalue weighted by Crippen LogP contribution is -2.43. The van der Waals surface area contributed by atoms with Gasteiger partial charge in [0.05, 0.1) is 11.4 Å². The molecule has 0 unspecified atom stereocenters. The highest BCUT2D eigenvalue weighted by Gasteiger charge is 2.37. The molecule has 1 aromatic carbocycles. The lowest BCUT2D eigenvalue weighted by molar-refractivity contribution is -0.129. The van der Waals surface area contributed by atoms with Gasteiger partial charge in [-0.15, -0.1) is 0 Å². The maximum Gasteiger partial charge on any atom is 0.232 e. The van der Waals surface area contributed by atoms with Crippen LogP contribution >= 0.6 is 0 Å². The molecule has 2 rings (SSSR count). The van der Waals surface area contributed by atoms with Gasteiger partial charge >= 0.3 is 0 Å². The number of carbonyl (C=O) groups is 1. The topological polar surface area (TPSA) is 46.3 Å². The second kappa shape index (κ2) is 5.64. The minimum absolute atomic E-state index is 0.212. The van der Waals surface area contributed by atoms with Gasteiger partial charge in [-0.3, -0.25) is 4.79 Å². The van der Waals surface area contributed by atoms with Crippen LogP contribution in [0, 0.1) is 5.41 Å². The van der Waals surface area contributed by atoms with E-state index in [1.54, 1.807) is 0 Å². The molecule has 0 bridgehead atoms. The standard InChI is InChI=1S/C16H24N2O/c1-3-18(14-10-6-5-9-13(14)17)15(19)16(2)11-7-4-8-12-16/h5-6,9-10H,3-4,7-8,11-12,17H2,1-2H3. The first-order valence-corrected chi connectivity index (χ1v) is 7.25. The number of anilines is 2. The highest BCUT2D eigenvalue weighted by molar-refractivity contribution is 5.99. The molecule has 0 saturated heterocycles. The van der Waals surface area contributed by atoms with Crippen molar-refractivity contribution in [2.24, 2.45) is 5.41 Å². The van der Waals surface area contributed by atoms with Crippen LogP contribution in [-0.4, -0.2) is 12.5 Å². The first-order chi connectivity index (χ1) is 9.08. The number of nitrogens with zero attached hydrogens (tertiary/aromatic N) is 1. The van der Waals surface area contributed by atoms with Crippen LogP contribution in [0.4, 0.5) is 11.4 Å². The third-order valence-electron chi connectivity index (χ3n) is 4.26. The molecule has 3 heteroatoms.